The van der Waals surface area contributed by atoms with Gasteiger partial charge in [0, 0.05) is 11.8 Å². The number of rotatable bonds is 9. The third kappa shape index (κ3) is 6.66. The zero-order chi connectivity index (χ0) is 22.8. The van der Waals surface area contributed by atoms with E-state index in [1.807, 2.05) is 13.0 Å². The number of nitriles is 1. The predicted octanol–water partition coefficient (Wildman–Crippen LogP) is 3.84. The van der Waals surface area contributed by atoms with Crippen LogP contribution in [0.5, 0.6) is 17.2 Å². The number of halogens is 1. The molecule has 8 nitrogen and oxygen atoms in total. The van der Waals surface area contributed by atoms with Gasteiger partial charge in [-0.2, -0.15) is 5.26 Å². The molecular formula is C22H21ClN2O6. The molecule has 0 aromatic heterocycles. The summed E-state index contributed by atoms with van der Waals surface area (Å²) in [5.74, 6) is -0.217. The first-order valence-corrected chi connectivity index (χ1v) is 9.52. The van der Waals surface area contributed by atoms with E-state index in [2.05, 4.69) is 10.1 Å². The molecule has 31 heavy (non-hydrogen) atoms. The normalized spacial score (nSPS) is 10.6. The quantitative estimate of drug-likeness (QED) is 0.355. The lowest BCUT2D eigenvalue weighted by Crippen LogP contribution is -2.14. The molecule has 0 atom stereocenters. The summed E-state index contributed by atoms with van der Waals surface area (Å²) in [6.07, 6.45) is 1.36. The van der Waals surface area contributed by atoms with Gasteiger partial charge in [0.1, 0.15) is 17.4 Å². The molecule has 0 spiro atoms. The van der Waals surface area contributed by atoms with Crippen LogP contribution < -0.4 is 19.5 Å². The van der Waals surface area contributed by atoms with Crippen molar-refractivity contribution in [1.29, 1.82) is 5.26 Å². The number of hydrogen-bond acceptors (Lipinski definition) is 7. The Hall–Kier alpha value is -3.70. The monoisotopic (exact) mass is 444 g/mol. The highest BCUT2D eigenvalue weighted by atomic mass is 35.5. The summed E-state index contributed by atoms with van der Waals surface area (Å²) in [5, 5.41) is 12.2. The van der Waals surface area contributed by atoms with E-state index in [0.29, 0.717) is 23.6 Å². The summed E-state index contributed by atoms with van der Waals surface area (Å²) in [6.45, 7) is 1.99. The lowest BCUT2D eigenvalue weighted by atomic mass is 10.1. The fourth-order valence-corrected chi connectivity index (χ4v) is 2.77. The minimum atomic E-state index is -0.600. The minimum Gasteiger partial charge on any atom is -0.494 e. The number of carbonyl (C=O) groups is 2. The molecule has 0 radical (unpaired) electrons. The van der Waals surface area contributed by atoms with Gasteiger partial charge in [-0.25, -0.2) is 4.79 Å². The van der Waals surface area contributed by atoms with Crippen LogP contribution in [0.15, 0.2) is 42.0 Å². The molecule has 0 heterocycles. The molecule has 0 unspecified atom stereocenters. The van der Waals surface area contributed by atoms with Crippen molar-refractivity contribution in [3.8, 4) is 23.3 Å². The van der Waals surface area contributed by atoms with E-state index in [9.17, 15) is 14.9 Å². The summed E-state index contributed by atoms with van der Waals surface area (Å²) in [6, 6.07) is 11.7. The minimum absolute atomic E-state index is 0.136. The highest BCUT2D eigenvalue weighted by molar-refractivity contribution is 6.32. The number of nitrogens with zero attached hydrogens (tertiary/aromatic N) is 1. The Morgan fingerprint density at radius 3 is 2.61 bits per heavy atom. The Labute approximate surface area is 184 Å². The van der Waals surface area contributed by atoms with Crippen molar-refractivity contribution in [2.24, 2.45) is 0 Å². The van der Waals surface area contributed by atoms with Crippen molar-refractivity contribution in [1.82, 2.24) is 0 Å². The van der Waals surface area contributed by atoms with Crippen LogP contribution in [0.25, 0.3) is 6.08 Å². The molecule has 0 fully saturated rings. The van der Waals surface area contributed by atoms with E-state index in [0.717, 1.165) is 0 Å². The number of ether oxygens (including phenoxy) is 4. The topological polar surface area (TPSA) is 107 Å². The van der Waals surface area contributed by atoms with Gasteiger partial charge in [0.05, 0.1) is 25.8 Å². The highest BCUT2D eigenvalue weighted by Gasteiger charge is 2.15. The molecule has 1 N–H and O–H groups in total. The van der Waals surface area contributed by atoms with Gasteiger partial charge in [-0.1, -0.05) is 17.7 Å². The van der Waals surface area contributed by atoms with Gasteiger partial charge in [0.2, 0.25) is 0 Å². The van der Waals surface area contributed by atoms with Crippen LogP contribution in [0.3, 0.4) is 0 Å². The number of nitrogens with one attached hydrogen (secondary N) is 1. The molecular weight excluding hydrogens is 424 g/mol. The molecule has 0 aliphatic heterocycles. The number of anilines is 1. The standard InChI is InChI=1S/C22H21ClN2O6/c1-4-30-17-7-5-6-16(11-17)25-22(27)15(12-24)8-14-9-18(23)21(19(10-14)28-2)31-13-20(26)29-3/h5-11H,4,13H2,1-3H3,(H,25,27). The molecule has 2 rings (SSSR count). The van der Waals surface area contributed by atoms with Crippen LogP contribution in [-0.2, 0) is 14.3 Å². The van der Waals surface area contributed by atoms with Crippen LogP contribution in [0.1, 0.15) is 12.5 Å². The number of hydrogen-bond donors (Lipinski definition) is 1. The van der Waals surface area contributed by atoms with Gasteiger partial charge < -0.3 is 24.3 Å². The van der Waals surface area contributed by atoms with E-state index in [1.165, 1.54) is 32.4 Å². The van der Waals surface area contributed by atoms with Gasteiger partial charge in [-0.15, -0.1) is 0 Å². The maximum atomic E-state index is 12.6. The van der Waals surface area contributed by atoms with Crippen LogP contribution in [0.2, 0.25) is 5.02 Å². The SMILES string of the molecule is CCOc1cccc(NC(=O)C(C#N)=Cc2cc(Cl)c(OCC(=O)OC)c(OC)c2)c1. The van der Waals surface area contributed by atoms with Gasteiger partial charge >= 0.3 is 5.97 Å². The molecule has 9 heteroatoms. The van der Waals surface area contributed by atoms with Crippen LogP contribution in [-0.4, -0.2) is 39.3 Å². The lowest BCUT2D eigenvalue weighted by Gasteiger charge is -2.13. The summed E-state index contributed by atoms with van der Waals surface area (Å²) in [5.41, 5.74) is 0.768. The molecule has 2 aromatic carbocycles. The molecule has 0 aliphatic rings. The highest BCUT2D eigenvalue weighted by Crippen LogP contribution is 2.37. The summed E-state index contributed by atoms with van der Waals surface area (Å²) in [4.78, 5) is 23.9. The maximum Gasteiger partial charge on any atom is 0.343 e. The van der Waals surface area contributed by atoms with E-state index < -0.39 is 11.9 Å². The Kier molecular flexibility index (Phi) is 8.73. The molecule has 0 bridgehead atoms. The molecule has 0 saturated heterocycles. The van der Waals surface area contributed by atoms with Gasteiger partial charge in [-0.3, -0.25) is 4.79 Å². The van der Waals surface area contributed by atoms with Crippen molar-refractivity contribution in [2.75, 3.05) is 32.8 Å². The number of carbonyl (C=O) groups excluding carboxylic acids is 2. The first-order chi connectivity index (χ1) is 14.9. The lowest BCUT2D eigenvalue weighted by molar-refractivity contribution is -0.142. The molecule has 1 amide bonds. The molecule has 0 aliphatic carbocycles. The van der Waals surface area contributed by atoms with Gasteiger partial charge in [-0.05, 0) is 42.8 Å². The predicted molar refractivity (Wildman–Crippen MR) is 115 cm³/mol. The molecule has 0 saturated carbocycles. The van der Waals surface area contributed by atoms with Crippen molar-refractivity contribution in [3.63, 3.8) is 0 Å². The summed E-state index contributed by atoms with van der Waals surface area (Å²) in [7, 11) is 2.63. The average Bonchev–Trinajstić information content (AvgIpc) is 2.76. The van der Waals surface area contributed by atoms with E-state index in [4.69, 9.17) is 25.8 Å². The smallest absolute Gasteiger partial charge is 0.343 e. The fraction of sp³-hybridized carbons (Fsp3) is 0.227. The summed E-state index contributed by atoms with van der Waals surface area (Å²) >= 11 is 6.24. The largest absolute Gasteiger partial charge is 0.494 e. The van der Waals surface area contributed by atoms with Gasteiger partial charge in [0.25, 0.3) is 5.91 Å². The van der Waals surface area contributed by atoms with Crippen molar-refractivity contribution >= 4 is 35.2 Å². The number of methoxy groups -OCH3 is 2. The second-order valence-corrected chi connectivity index (χ2v) is 6.39. The number of benzene rings is 2. The third-order valence-corrected chi connectivity index (χ3v) is 4.17. The third-order valence-electron chi connectivity index (χ3n) is 3.89. The Bertz CT molecular complexity index is 1030. The molecule has 2 aromatic rings. The van der Waals surface area contributed by atoms with Crippen molar-refractivity contribution in [2.45, 2.75) is 6.92 Å². The second kappa shape index (κ2) is 11.5. The van der Waals surface area contributed by atoms with Crippen molar-refractivity contribution < 1.29 is 28.5 Å². The summed E-state index contributed by atoms with van der Waals surface area (Å²) < 4.78 is 20.5. The van der Waals surface area contributed by atoms with E-state index in [1.54, 1.807) is 24.3 Å². The zero-order valence-corrected chi connectivity index (χ0v) is 18.0. The molecule has 162 valence electrons. The average molecular weight is 445 g/mol. The Balaban J connectivity index is 2.25. The van der Waals surface area contributed by atoms with E-state index >= 15 is 0 Å². The van der Waals surface area contributed by atoms with E-state index in [-0.39, 0.29) is 28.7 Å². The van der Waals surface area contributed by atoms with Crippen LogP contribution >= 0.6 is 11.6 Å². The second-order valence-electron chi connectivity index (χ2n) is 5.98. The maximum absolute atomic E-state index is 12.6. The van der Waals surface area contributed by atoms with Crippen molar-refractivity contribution in [3.05, 3.63) is 52.6 Å². The van der Waals surface area contributed by atoms with Crippen LogP contribution in [0, 0.1) is 11.3 Å². The fourth-order valence-electron chi connectivity index (χ4n) is 2.50. The van der Waals surface area contributed by atoms with Crippen LogP contribution in [0.4, 0.5) is 5.69 Å². The Morgan fingerprint density at radius 1 is 1.19 bits per heavy atom. The number of amides is 1. The first kappa shape index (κ1) is 23.6. The number of esters is 1. The zero-order valence-electron chi connectivity index (χ0n) is 17.2. The Morgan fingerprint density at radius 2 is 1.97 bits per heavy atom. The van der Waals surface area contributed by atoms with Gasteiger partial charge in [0.15, 0.2) is 18.1 Å². The first-order valence-electron chi connectivity index (χ1n) is 9.15.